The maximum Gasteiger partial charge on any atom is 0.236 e. The summed E-state index contributed by atoms with van der Waals surface area (Å²) >= 11 is 0. The summed E-state index contributed by atoms with van der Waals surface area (Å²) in [5.41, 5.74) is 5.75. The minimum atomic E-state index is -0.369. The first-order valence-electron chi connectivity index (χ1n) is 6.34. The highest BCUT2D eigenvalue weighted by Crippen LogP contribution is 2.24. The van der Waals surface area contributed by atoms with E-state index >= 15 is 0 Å². The van der Waals surface area contributed by atoms with Gasteiger partial charge >= 0.3 is 0 Å². The van der Waals surface area contributed by atoms with Crippen LogP contribution in [0.5, 0.6) is 0 Å². The number of carbonyl (C=O) groups is 1. The second kappa shape index (κ2) is 6.86. The van der Waals surface area contributed by atoms with E-state index < -0.39 is 0 Å². The summed E-state index contributed by atoms with van der Waals surface area (Å²) in [6.07, 6.45) is 5.33. The second-order valence-electron chi connectivity index (χ2n) is 4.83. The van der Waals surface area contributed by atoms with Crippen molar-refractivity contribution in [3.05, 3.63) is 0 Å². The van der Waals surface area contributed by atoms with Crippen molar-refractivity contribution in [1.82, 2.24) is 5.32 Å². The molecule has 4 nitrogen and oxygen atoms in total. The van der Waals surface area contributed by atoms with Crippen molar-refractivity contribution < 1.29 is 9.90 Å². The van der Waals surface area contributed by atoms with E-state index in [-0.39, 0.29) is 18.1 Å². The van der Waals surface area contributed by atoms with Crippen molar-refractivity contribution in [2.24, 2.45) is 11.7 Å². The predicted molar refractivity (Wildman–Crippen MR) is 63.9 cm³/mol. The monoisotopic (exact) mass is 228 g/mol. The first-order chi connectivity index (χ1) is 7.63. The number of amides is 1. The molecule has 0 spiro atoms. The van der Waals surface area contributed by atoms with E-state index in [0.29, 0.717) is 12.5 Å². The number of nitrogens with one attached hydrogen (secondary N) is 1. The molecular weight excluding hydrogens is 204 g/mol. The van der Waals surface area contributed by atoms with Gasteiger partial charge in [0.1, 0.15) is 0 Å². The minimum absolute atomic E-state index is 0.0464. The van der Waals surface area contributed by atoms with Crippen molar-refractivity contribution in [3.8, 4) is 0 Å². The standard InChI is InChI=1S/C12H24N2O2/c1-2-3-4-11(13)12(16)14-8-9-5-6-10(15)7-9/h9-11,15H,2-8,13H2,1H3,(H,14,16). The Morgan fingerprint density at radius 3 is 2.88 bits per heavy atom. The topological polar surface area (TPSA) is 75.4 Å². The first kappa shape index (κ1) is 13.5. The summed E-state index contributed by atoms with van der Waals surface area (Å²) in [5.74, 6) is 0.382. The summed E-state index contributed by atoms with van der Waals surface area (Å²) in [7, 11) is 0. The normalized spacial score (nSPS) is 26.7. The molecule has 1 amide bonds. The van der Waals surface area contributed by atoms with Gasteiger partial charge in [0, 0.05) is 6.54 Å². The van der Waals surface area contributed by atoms with Crippen molar-refractivity contribution in [2.45, 2.75) is 57.6 Å². The molecule has 0 aromatic rings. The smallest absolute Gasteiger partial charge is 0.236 e. The van der Waals surface area contributed by atoms with Gasteiger partial charge in [0.05, 0.1) is 12.1 Å². The molecule has 0 aromatic heterocycles. The molecule has 1 fully saturated rings. The molecule has 4 N–H and O–H groups in total. The molecule has 0 radical (unpaired) electrons. The molecule has 16 heavy (non-hydrogen) atoms. The van der Waals surface area contributed by atoms with Crippen LogP contribution in [0.25, 0.3) is 0 Å². The highest BCUT2D eigenvalue weighted by atomic mass is 16.3. The van der Waals surface area contributed by atoms with Crippen LogP contribution in [-0.4, -0.2) is 29.7 Å². The van der Waals surface area contributed by atoms with Crippen molar-refractivity contribution in [3.63, 3.8) is 0 Å². The molecule has 1 saturated carbocycles. The van der Waals surface area contributed by atoms with Crippen LogP contribution < -0.4 is 11.1 Å². The fourth-order valence-corrected chi connectivity index (χ4v) is 2.17. The van der Waals surface area contributed by atoms with Gasteiger partial charge in [-0.3, -0.25) is 4.79 Å². The predicted octanol–water partition coefficient (Wildman–Crippen LogP) is 0.781. The van der Waals surface area contributed by atoms with E-state index in [1.165, 1.54) is 0 Å². The molecular formula is C12H24N2O2. The zero-order chi connectivity index (χ0) is 12.0. The lowest BCUT2D eigenvalue weighted by molar-refractivity contribution is -0.122. The third-order valence-electron chi connectivity index (χ3n) is 3.28. The summed E-state index contributed by atoms with van der Waals surface area (Å²) in [4.78, 5) is 11.6. The summed E-state index contributed by atoms with van der Waals surface area (Å²) in [6.45, 7) is 2.75. The molecule has 3 unspecified atom stereocenters. The minimum Gasteiger partial charge on any atom is -0.393 e. The Hall–Kier alpha value is -0.610. The average Bonchev–Trinajstić information content (AvgIpc) is 2.68. The zero-order valence-corrected chi connectivity index (χ0v) is 10.1. The third-order valence-corrected chi connectivity index (χ3v) is 3.28. The van der Waals surface area contributed by atoms with Crippen LogP contribution in [0, 0.1) is 5.92 Å². The van der Waals surface area contributed by atoms with Gasteiger partial charge < -0.3 is 16.2 Å². The number of aliphatic hydroxyl groups is 1. The lowest BCUT2D eigenvalue weighted by atomic mass is 10.1. The zero-order valence-electron chi connectivity index (χ0n) is 10.1. The quantitative estimate of drug-likeness (QED) is 0.629. The fraction of sp³-hybridized carbons (Fsp3) is 0.917. The number of hydrogen-bond donors (Lipinski definition) is 3. The van der Waals surface area contributed by atoms with Crippen molar-refractivity contribution >= 4 is 5.91 Å². The number of unbranched alkanes of at least 4 members (excludes halogenated alkanes) is 1. The summed E-state index contributed by atoms with van der Waals surface area (Å²) < 4.78 is 0. The van der Waals surface area contributed by atoms with Crippen LogP contribution in [0.15, 0.2) is 0 Å². The second-order valence-corrected chi connectivity index (χ2v) is 4.83. The van der Waals surface area contributed by atoms with Crippen LogP contribution >= 0.6 is 0 Å². The number of hydrogen-bond acceptors (Lipinski definition) is 3. The van der Waals surface area contributed by atoms with Gasteiger partial charge in [-0.2, -0.15) is 0 Å². The maximum absolute atomic E-state index is 11.6. The van der Waals surface area contributed by atoms with E-state index in [1.807, 2.05) is 0 Å². The van der Waals surface area contributed by atoms with Crippen LogP contribution in [-0.2, 0) is 4.79 Å². The molecule has 4 heteroatoms. The van der Waals surface area contributed by atoms with Gasteiger partial charge in [-0.1, -0.05) is 19.8 Å². The Kier molecular flexibility index (Phi) is 5.77. The Balaban J connectivity index is 2.14. The first-order valence-corrected chi connectivity index (χ1v) is 6.34. The van der Waals surface area contributed by atoms with Gasteiger partial charge in [-0.25, -0.2) is 0 Å². The van der Waals surface area contributed by atoms with E-state index in [0.717, 1.165) is 38.5 Å². The Bertz CT molecular complexity index is 221. The lowest BCUT2D eigenvalue weighted by Crippen LogP contribution is -2.42. The SMILES string of the molecule is CCCCC(N)C(=O)NCC1CCC(O)C1. The van der Waals surface area contributed by atoms with E-state index in [9.17, 15) is 9.90 Å². The fourth-order valence-electron chi connectivity index (χ4n) is 2.17. The van der Waals surface area contributed by atoms with E-state index in [4.69, 9.17) is 5.73 Å². The molecule has 0 aliphatic heterocycles. The molecule has 0 saturated heterocycles. The number of rotatable bonds is 6. The molecule has 1 aliphatic carbocycles. The molecule has 0 aromatic carbocycles. The van der Waals surface area contributed by atoms with Gasteiger partial charge in [0.2, 0.25) is 5.91 Å². The highest BCUT2D eigenvalue weighted by molar-refractivity contribution is 5.81. The third kappa shape index (κ3) is 4.49. The molecule has 94 valence electrons. The van der Waals surface area contributed by atoms with Crippen molar-refractivity contribution in [2.75, 3.05) is 6.54 Å². The molecule has 0 bridgehead atoms. The van der Waals surface area contributed by atoms with Gasteiger partial charge in [-0.05, 0) is 31.6 Å². The molecule has 1 rings (SSSR count). The van der Waals surface area contributed by atoms with Gasteiger partial charge in [0.15, 0.2) is 0 Å². The van der Waals surface area contributed by atoms with Gasteiger partial charge in [-0.15, -0.1) is 0 Å². The largest absolute Gasteiger partial charge is 0.393 e. The summed E-state index contributed by atoms with van der Waals surface area (Å²) in [5, 5.41) is 12.2. The average molecular weight is 228 g/mol. The number of nitrogens with two attached hydrogens (primary N) is 1. The van der Waals surface area contributed by atoms with E-state index in [1.54, 1.807) is 0 Å². The maximum atomic E-state index is 11.6. The number of aliphatic hydroxyl groups excluding tert-OH is 1. The number of carbonyl (C=O) groups excluding carboxylic acids is 1. The van der Waals surface area contributed by atoms with Crippen LogP contribution in [0.3, 0.4) is 0 Å². The Morgan fingerprint density at radius 1 is 1.56 bits per heavy atom. The van der Waals surface area contributed by atoms with Crippen LogP contribution in [0.1, 0.15) is 45.4 Å². The Labute approximate surface area is 97.6 Å². The molecule has 1 aliphatic rings. The van der Waals surface area contributed by atoms with Crippen LogP contribution in [0.4, 0.5) is 0 Å². The molecule has 3 atom stereocenters. The van der Waals surface area contributed by atoms with Crippen molar-refractivity contribution in [1.29, 1.82) is 0 Å². The highest BCUT2D eigenvalue weighted by Gasteiger charge is 2.23. The molecule has 0 heterocycles. The summed E-state index contributed by atoms with van der Waals surface area (Å²) in [6, 6.07) is -0.369. The Morgan fingerprint density at radius 2 is 2.31 bits per heavy atom. The lowest BCUT2D eigenvalue weighted by Gasteiger charge is -2.14. The van der Waals surface area contributed by atoms with E-state index in [2.05, 4.69) is 12.2 Å². The van der Waals surface area contributed by atoms with Gasteiger partial charge in [0.25, 0.3) is 0 Å². The van der Waals surface area contributed by atoms with Crippen LogP contribution in [0.2, 0.25) is 0 Å².